The Morgan fingerprint density at radius 3 is 2.82 bits per heavy atom. The van der Waals surface area contributed by atoms with E-state index in [1.54, 1.807) is 12.1 Å². The van der Waals surface area contributed by atoms with Crippen LogP contribution in [-0.2, 0) is 6.54 Å². The van der Waals surface area contributed by atoms with Gasteiger partial charge in [-0.2, -0.15) is 0 Å². The summed E-state index contributed by atoms with van der Waals surface area (Å²) in [5.41, 5.74) is 1.86. The number of hydrogen-bond donors (Lipinski definition) is 2. The third-order valence-corrected chi connectivity index (χ3v) is 3.39. The first-order chi connectivity index (χ1) is 10.6. The first kappa shape index (κ1) is 16.2. The summed E-state index contributed by atoms with van der Waals surface area (Å²) in [6, 6.07) is 12.7. The third-order valence-electron chi connectivity index (χ3n) is 3.06. The maximum atomic E-state index is 11.1. The zero-order chi connectivity index (χ0) is 15.9. The van der Waals surface area contributed by atoms with Gasteiger partial charge in [-0.05, 0) is 42.3 Å². The average Bonchev–Trinajstić information content (AvgIpc) is 2.52. The minimum atomic E-state index is -1.04. The van der Waals surface area contributed by atoms with Crippen LogP contribution in [-0.4, -0.2) is 17.7 Å². The molecule has 2 rings (SSSR count). The number of rotatable bonds is 7. The molecular weight excluding hydrogens is 302 g/mol. The Kier molecular flexibility index (Phi) is 5.67. The Hall–Kier alpha value is -2.20. The molecule has 2 N–H and O–H groups in total. The van der Waals surface area contributed by atoms with Gasteiger partial charge in [-0.3, -0.25) is 0 Å². The van der Waals surface area contributed by atoms with E-state index >= 15 is 0 Å². The zero-order valence-electron chi connectivity index (χ0n) is 12.3. The zero-order valence-corrected chi connectivity index (χ0v) is 13.1. The van der Waals surface area contributed by atoms with E-state index in [1.165, 1.54) is 6.07 Å². The SMILES string of the molecule is CCCOc1cccc(CNc2ccc(Cl)c(C(=O)O)c2)c1. The van der Waals surface area contributed by atoms with E-state index in [-0.39, 0.29) is 10.6 Å². The van der Waals surface area contributed by atoms with Crippen LogP contribution < -0.4 is 10.1 Å². The fourth-order valence-corrected chi connectivity index (χ4v) is 2.17. The molecule has 0 saturated carbocycles. The Morgan fingerprint density at radius 1 is 1.27 bits per heavy atom. The van der Waals surface area contributed by atoms with E-state index in [0.29, 0.717) is 18.8 Å². The minimum absolute atomic E-state index is 0.0895. The highest BCUT2D eigenvalue weighted by molar-refractivity contribution is 6.33. The maximum Gasteiger partial charge on any atom is 0.337 e. The molecule has 2 aromatic rings. The number of hydrogen-bond acceptors (Lipinski definition) is 3. The smallest absolute Gasteiger partial charge is 0.337 e. The molecule has 0 amide bonds. The van der Waals surface area contributed by atoms with Gasteiger partial charge in [0.2, 0.25) is 0 Å². The molecule has 0 atom stereocenters. The summed E-state index contributed by atoms with van der Waals surface area (Å²) in [5.74, 6) is -0.202. The number of carboxylic acids is 1. The van der Waals surface area contributed by atoms with Gasteiger partial charge >= 0.3 is 5.97 Å². The summed E-state index contributed by atoms with van der Waals surface area (Å²) in [6.07, 6.45) is 0.964. The lowest BCUT2D eigenvalue weighted by molar-refractivity contribution is 0.0697. The highest BCUT2D eigenvalue weighted by Crippen LogP contribution is 2.21. The van der Waals surface area contributed by atoms with Crippen molar-refractivity contribution in [3.63, 3.8) is 0 Å². The van der Waals surface area contributed by atoms with Crippen LogP contribution in [0.1, 0.15) is 29.3 Å². The molecule has 0 saturated heterocycles. The lowest BCUT2D eigenvalue weighted by Gasteiger charge is -2.10. The van der Waals surface area contributed by atoms with Gasteiger partial charge in [0, 0.05) is 12.2 Å². The number of carboxylic acid groups (broad SMARTS) is 1. The van der Waals surface area contributed by atoms with Gasteiger partial charge in [-0.25, -0.2) is 4.79 Å². The number of carbonyl (C=O) groups is 1. The third kappa shape index (κ3) is 4.40. The Balaban J connectivity index is 2.04. The van der Waals surface area contributed by atoms with E-state index < -0.39 is 5.97 Å². The van der Waals surface area contributed by atoms with Crippen molar-refractivity contribution in [2.75, 3.05) is 11.9 Å². The molecule has 0 aliphatic rings. The first-order valence-electron chi connectivity index (χ1n) is 7.08. The lowest BCUT2D eigenvalue weighted by atomic mass is 10.1. The maximum absolute atomic E-state index is 11.1. The molecule has 5 heteroatoms. The highest BCUT2D eigenvalue weighted by atomic mass is 35.5. The van der Waals surface area contributed by atoms with Crippen LogP contribution in [0.4, 0.5) is 5.69 Å². The van der Waals surface area contributed by atoms with Gasteiger partial charge in [0.1, 0.15) is 5.75 Å². The number of aromatic carboxylic acids is 1. The van der Waals surface area contributed by atoms with E-state index in [0.717, 1.165) is 17.7 Å². The van der Waals surface area contributed by atoms with Crippen molar-refractivity contribution in [2.24, 2.45) is 0 Å². The summed E-state index contributed by atoms with van der Waals surface area (Å²) in [4.78, 5) is 11.1. The predicted molar refractivity (Wildman–Crippen MR) is 88.0 cm³/mol. The molecule has 0 spiro atoms. The van der Waals surface area contributed by atoms with Gasteiger partial charge in [0.05, 0.1) is 17.2 Å². The minimum Gasteiger partial charge on any atom is -0.494 e. The number of halogens is 1. The van der Waals surface area contributed by atoms with E-state index in [4.69, 9.17) is 21.4 Å². The second kappa shape index (κ2) is 7.71. The Labute approximate surface area is 134 Å². The van der Waals surface area contributed by atoms with Crippen LogP contribution in [0.5, 0.6) is 5.75 Å². The lowest BCUT2D eigenvalue weighted by Crippen LogP contribution is -2.03. The van der Waals surface area contributed by atoms with Gasteiger partial charge in [0.25, 0.3) is 0 Å². The van der Waals surface area contributed by atoms with Crippen LogP contribution in [0.3, 0.4) is 0 Å². The summed E-state index contributed by atoms with van der Waals surface area (Å²) >= 11 is 5.85. The van der Waals surface area contributed by atoms with Crippen molar-refractivity contribution in [2.45, 2.75) is 19.9 Å². The summed E-state index contributed by atoms with van der Waals surface area (Å²) < 4.78 is 5.59. The predicted octanol–water partition coefficient (Wildman–Crippen LogP) is 4.44. The molecule has 0 fully saturated rings. The van der Waals surface area contributed by atoms with Crippen molar-refractivity contribution >= 4 is 23.3 Å². The molecule has 0 aromatic heterocycles. The monoisotopic (exact) mass is 319 g/mol. The van der Waals surface area contributed by atoms with E-state index in [9.17, 15) is 4.79 Å². The average molecular weight is 320 g/mol. The van der Waals surface area contributed by atoms with Crippen LogP contribution >= 0.6 is 11.6 Å². The van der Waals surface area contributed by atoms with Crippen LogP contribution in [0.15, 0.2) is 42.5 Å². The van der Waals surface area contributed by atoms with Gasteiger partial charge in [-0.15, -0.1) is 0 Å². The standard InChI is InChI=1S/C17H18ClNO3/c1-2-8-22-14-5-3-4-12(9-14)11-19-13-6-7-16(18)15(10-13)17(20)21/h3-7,9-10,19H,2,8,11H2,1H3,(H,20,21). The molecule has 4 nitrogen and oxygen atoms in total. The van der Waals surface area contributed by atoms with Crippen molar-refractivity contribution in [1.29, 1.82) is 0 Å². The fraction of sp³-hybridized carbons (Fsp3) is 0.235. The number of benzene rings is 2. The van der Waals surface area contributed by atoms with E-state index in [1.807, 2.05) is 24.3 Å². The Bertz CT molecular complexity index is 658. The second-order valence-electron chi connectivity index (χ2n) is 4.85. The summed E-state index contributed by atoms with van der Waals surface area (Å²) in [5, 5.41) is 12.5. The summed E-state index contributed by atoms with van der Waals surface area (Å²) in [6.45, 7) is 3.33. The van der Waals surface area contributed by atoms with Crippen molar-refractivity contribution in [3.05, 3.63) is 58.6 Å². The number of nitrogens with one attached hydrogen (secondary N) is 1. The quantitative estimate of drug-likeness (QED) is 0.792. The summed E-state index contributed by atoms with van der Waals surface area (Å²) in [7, 11) is 0. The molecular formula is C17H18ClNO3. The largest absolute Gasteiger partial charge is 0.494 e. The highest BCUT2D eigenvalue weighted by Gasteiger charge is 2.09. The van der Waals surface area contributed by atoms with Crippen LogP contribution in [0, 0.1) is 0 Å². The van der Waals surface area contributed by atoms with Gasteiger partial charge in [-0.1, -0.05) is 30.7 Å². The molecule has 0 radical (unpaired) electrons. The Morgan fingerprint density at radius 2 is 2.09 bits per heavy atom. The van der Waals surface area contributed by atoms with Gasteiger partial charge < -0.3 is 15.2 Å². The van der Waals surface area contributed by atoms with Crippen LogP contribution in [0.2, 0.25) is 5.02 Å². The normalized spacial score (nSPS) is 10.3. The molecule has 0 unspecified atom stereocenters. The van der Waals surface area contributed by atoms with Crippen LogP contribution in [0.25, 0.3) is 0 Å². The first-order valence-corrected chi connectivity index (χ1v) is 7.46. The topological polar surface area (TPSA) is 58.6 Å². The number of ether oxygens (including phenoxy) is 1. The fourth-order valence-electron chi connectivity index (χ4n) is 1.97. The molecule has 0 bridgehead atoms. The molecule has 0 aliphatic carbocycles. The molecule has 0 heterocycles. The molecule has 116 valence electrons. The van der Waals surface area contributed by atoms with Crippen molar-refractivity contribution in [3.8, 4) is 5.75 Å². The second-order valence-corrected chi connectivity index (χ2v) is 5.26. The van der Waals surface area contributed by atoms with Crippen molar-refractivity contribution in [1.82, 2.24) is 0 Å². The number of anilines is 1. The molecule has 0 aliphatic heterocycles. The van der Waals surface area contributed by atoms with Gasteiger partial charge in [0.15, 0.2) is 0 Å². The van der Waals surface area contributed by atoms with Crippen molar-refractivity contribution < 1.29 is 14.6 Å². The molecule has 2 aromatic carbocycles. The van der Waals surface area contributed by atoms with E-state index in [2.05, 4.69) is 12.2 Å². The molecule has 22 heavy (non-hydrogen) atoms.